The Morgan fingerprint density at radius 2 is 1.76 bits per heavy atom. The summed E-state index contributed by atoms with van der Waals surface area (Å²) in [7, 11) is -1.91. The van der Waals surface area contributed by atoms with E-state index < -0.39 is 15.8 Å². The Labute approximate surface area is 122 Å². The number of carboxylic acid groups (broad SMARTS) is 1. The molecule has 0 heterocycles. The highest BCUT2D eigenvalue weighted by molar-refractivity contribution is 7.90. The van der Waals surface area contributed by atoms with Crippen molar-refractivity contribution in [3.63, 3.8) is 0 Å². The summed E-state index contributed by atoms with van der Waals surface area (Å²) >= 11 is 0. The van der Waals surface area contributed by atoms with Gasteiger partial charge in [0.25, 0.3) is 0 Å². The van der Waals surface area contributed by atoms with Gasteiger partial charge in [-0.15, -0.1) is 0 Å². The highest BCUT2D eigenvalue weighted by Gasteiger charge is 2.13. The summed E-state index contributed by atoms with van der Waals surface area (Å²) in [4.78, 5) is 11.3. The maximum atomic E-state index is 11.6. The van der Waals surface area contributed by atoms with E-state index >= 15 is 0 Å². The van der Waals surface area contributed by atoms with Gasteiger partial charge in [0.15, 0.2) is 9.84 Å². The van der Waals surface area contributed by atoms with E-state index in [0.717, 1.165) is 6.26 Å². The van der Waals surface area contributed by atoms with Crippen LogP contribution in [0.2, 0.25) is 0 Å². The van der Waals surface area contributed by atoms with Crippen LogP contribution in [0.15, 0.2) is 47.4 Å². The minimum Gasteiger partial charge on any atom is -0.496 e. The number of carbonyl (C=O) groups is 1. The van der Waals surface area contributed by atoms with Gasteiger partial charge in [0.1, 0.15) is 11.3 Å². The smallest absolute Gasteiger partial charge is 0.339 e. The lowest BCUT2D eigenvalue weighted by Crippen LogP contribution is -2.00. The lowest BCUT2D eigenvalue weighted by Gasteiger charge is -2.09. The molecular formula is C15H14O5S. The van der Waals surface area contributed by atoms with Gasteiger partial charge in [-0.2, -0.15) is 0 Å². The van der Waals surface area contributed by atoms with Crippen molar-refractivity contribution in [2.45, 2.75) is 4.90 Å². The Morgan fingerprint density at radius 1 is 1.10 bits per heavy atom. The van der Waals surface area contributed by atoms with Crippen LogP contribution in [0.25, 0.3) is 11.1 Å². The second-order valence-electron chi connectivity index (χ2n) is 4.52. The monoisotopic (exact) mass is 306 g/mol. The van der Waals surface area contributed by atoms with Gasteiger partial charge in [-0.3, -0.25) is 0 Å². The number of methoxy groups -OCH3 is 1. The molecule has 0 saturated carbocycles. The van der Waals surface area contributed by atoms with Crippen LogP contribution in [0, 0.1) is 0 Å². The molecule has 0 aliphatic heterocycles. The molecule has 0 aliphatic rings. The molecule has 2 rings (SSSR count). The van der Waals surface area contributed by atoms with E-state index in [4.69, 9.17) is 9.84 Å². The van der Waals surface area contributed by atoms with Crippen molar-refractivity contribution in [3.8, 4) is 16.9 Å². The predicted octanol–water partition coefficient (Wildman–Crippen LogP) is 2.46. The Kier molecular flexibility index (Phi) is 3.99. The van der Waals surface area contributed by atoms with Gasteiger partial charge in [-0.05, 0) is 35.4 Å². The SMILES string of the molecule is COc1cc(-c2cccc(S(C)(=O)=O)c2)ccc1C(=O)O. The number of sulfone groups is 1. The molecule has 0 unspecified atom stereocenters. The molecule has 0 fully saturated rings. The Bertz CT molecular complexity index is 793. The second kappa shape index (κ2) is 5.57. The van der Waals surface area contributed by atoms with Crippen LogP contribution in [-0.2, 0) is 9.84 Å². The lowest BCUT2D eigenvalue weighted by molar-refractivity contribution is 0.0693. The lowest BCUT2D eigenvalue weighted by atomic mass is 10.0. The maximum Gasteiger partial charge on any atom is 0.339 e. The molecule has 1 N–H and O–H groups in total. The van der Waals surface area contributed by atoms with Gasteiger partial charge < -0.3 is 9.84 Å². The fourth-order valence-corrected chi connectivity index (χ4v) is 2.62. The zero-order chi connectivity index (χ0) is 15.6. The van der Waals surface area contributed by atoms with Crippen molar-refractivity contribution < 1.29 is 23.1 Å². The molecule has 0 aromatic heterocycles. The van der Waals surface area contributed by atoms with Crippen molar-refractivity contribution in [1.29, 1.82) is 0 Å². The molecule has 2 aromatic rings. The van der Waals surface area contributed by atoms with E-state index in [2.05, 4.69) is 0 Å². The number of rotatable bonds is 4. The van der Waals surface area contributed by atoms with Crippen LogP contribution in [0.1, 0.15) is 10.4 Å². The molecule has 2 aromatic carbocycles. The third-order valence-corrected chi connectivity index (χ3v) is 4.14. The van der Waals surface area contributed by atoms with Gasteiger partial charge in [0, 0.05) is 6.26 Å². The van der Waals surface area contributed by atoms with Gasteiger partial charge in [0.2, 0.25) is 0 Å². The summed E-state index contributed by atoms with van der Waals surface area (Å²) in [6.45, 7) is 0. The van der Waals surface area contributed by atoms with E-state index in [-0.39, 0.29) is 16.2 Å². The standard InChI is InChI=1S/C15H14O5S/c1-20-14-9-11(6-7-13(14)15(16)17)10-4-3-5-12(8-10)21(2,18)19/h3-9H,1-2H3,(H,16,17). The molecule has 6 heteroatoms. The minimum atomic E-state index is -3.30. The number of ether oxygens (including phenoxy) is 1. The molecule has 0 saturated heterocycles. The number of benzene rings is 2. The van der Waals surface area contributed by atoms with E-state index in [1.54, 1.807) is 30.3 Å². The number of hydrogen-bond acceptors (Lipinski definition) is 4. The fourth-order valence-electron chi connectivity index (χ4n) is 1.95. The first-order chi connectivity index (χ1) is 9.82. The van der Waals surface area contributed by atoms with Gasteiger partial charge in [-0.1, -0.05) is 18.2 Å². The van der Waals surface area contributed by atoms with Crippen molar-refractivity contribution in [3.05, 3.63) is 48.0 Å². The number of aromatic carboxylic acids is 1. The van der Waals surface area contributed by atoms with Crippen molar-refractivity contribution in [2.24, 2.45) is 0 Å². The average Bonchev–Trinajstić information content (AvgIpc) is 2.45. The van der Waals surface area contributed by atoms with E-state index in [9.17, 15) is 13.2 Å². The predicted molar refractivity (Wildman–Crippen MR) is 78.5 cm³/mol. The maximum absolute atomic E-state index is 11.6. The highest BCUT2D eigenvalue weighted by Crippen LogP contribution is 2.28. The Balaban J connectivity index is 2.55. The van der Waals surface area contributed by atoms with Crippen molar-refractivity contribution in [2.75, 3.05) is 13.4 Å². The molecule has 0 radical (unpaired) electrons. The summed E-state index contributed by atoms with van der Waals surface area (Å²) in [6, 6.07) is 11.1. The van der Waals surface area contributed by atoms with Crippen molar-refractivity contribution in [1.82, 2.24) is 0 Å². The zero-order valence-electron chi connectivity index (χ0n) is 11.5. The summed E-state index contributed by atoms with van der Waals surface area (Å²) in [5.41, 5.74) is 1.41. The van der Waals surface area contributed by atoms with Gasteiger partial charge in [0.05, 0.1) is 12.0 Å². The highest BCUT2D eigenvalue weighted by atomic mass is 32.2. The van der Waals surface area contributed by atoms with E-state index in [1.165, 1.54) is 19.2 Å². The summed E-state index contributed by atoms with van der Waals surface area (Å²) < 4.78 is 28.2. The van der Waals surface area contributed by atoms with Crippen molar-refractivity contribution >= 4 is 15.8 Å². The number of hydrogen-bond donors (Lipinski definition) is 1. The normalized spacial score (nSPS) is 11.1. The Morgan fingerprint density at radius 3 is 2.33 bits per heavy atom. The first kappa shape index (κ1) is 15.1. The van der Waals surface area contributed by atoms with Crippen LogP contribution in [0.3, 0.4) is 0 Å². The van der Waals surface area contributed by atoms with Gasteiger partial charge >= 0.3 is 5.97 Å². The van der Waals surface area contributed by atoms with Crippen LogP contribution >= 0.6 is 0 Å². The number of carboxylic acids is 1. The molecule has 0 bridgehead atoms. The summed E-state index contributed by atoms with van der Waals surface area (Å²) in [6.07, 6.45) is 1.14. The Hall–Kier alpha value is -2.34. The van der Waals surface area contributed by atoms with E-state index in [0.29, 0.717) is 11.1 Å². The van der Waals surface area contributed by atoms with Crippen LogP contribution in [0.5, 0.6) is 5.75 Å². The largest absolute Gasteiger partial charge is 0.496 e. The molecule has 0 spiro atoms. The molecule has 0 amide bonds. The quantitative estimate of drug-likeness (QED) is 0.938. The minimum absolute atomic E-state index is 0.0560. The van der Waals surface area contributed by atoms with Crippen LogP contribution in [-0.4, -0.2) is 32.9 Å². The molecule has 0 aliphatic carbocycles. The first-order valence-electron chi connectivity index (χ1n) is 6.05. The molecule has 5 nitrogen and oxygen atoms in total. The first-order valence-corrected chi connectivity index (χ1v) is 7.94. The third-order valence-electron chi connectivity index (χ3n) is 3.03. The molecule has 110 valence electrons. The average molecular weight is 306 g/mol. The third kappa shape index (κ3) is 3.22. The van der Waals surface area contributed by atoms with Crippen LogP contribution in [0.4, 0.5) is 0 Å². The topological polar surface area (TPSA) is 80.7 Å². The van der Waals surface area contributed by atoms with Crippen LogP contribution < -0.4 is 4.74 Å². The second-order valence-corrected chi connectivity index (χ2v) is 6.54. The molecule has 0 atom stereocenters. The fraction of sp³-hybridized carbons (Fsp3) is 0.133. The molecule has 21 heavy (non-hydrogen) atoms. The summed E-state index contributed by atoms with van der Waals surface area (Å²) in [5, 5.41) is 9.05. The van der Waals surface area contributed by atoms with E-state index in [1.807, 2.05) is 0 Å². The zero-order valence-corrected chi connectivity index (χ0v) is 12.3. The van der Waals surface area contributed by atoms with Gasteiger partial charge in [-0.25, -0.2) is 13.2 Å². The molecular weight excluding hydrogens is 292 g/mol. The summed E-state index contributed by atoms with van der Waals surface area (Å²) in [5.74, 6) is -0.854.